The van der Waals surface area contributed by atoms with Crippen LogP contribution >= 0.6 is 22.9 Å². The molecule has 0 spiro atoms. The van der Waals surface area contributed by atoms with Crippen LogP contribution in [0.1, 0.15) is 37.0 Å². The summed E-state index contributed by atoms with van der Waals surface area (Å²) in [4.78, 5) is 65.5. The van der Waals surface area contributed by atoms with Gasteiger partial charge < -0.3 is 20.1 Å². The summed E-state index contributed by atoms with van der Waals surface area (Å²) in [6.45, 7) is 6.86. The van der Waals surface area contributed by atoms with Crippen LogP contribution in [0.5, 0.6) is 5.88 Å². The molecule has 1 saturated carbocycles. The van der Waals surface area contributed by atoms with Crippen LogP contribution in [-0.4, -0.2) is 84.2 Å². The lowest BCUT2D eigenvalue weighted by atomic mass is 10.0. The Morgan fingerprint density at radius 1 is 1.10 bits per heavy atom. The van der Waals surface area contributed by atoms with E-state index in [9.17, 15) is 29.5 Å². The van der Waals surface area contributed by atoms with E-state index >= 15 is 0 Å². The lowest BCUT2D eigenvalue weighted by Crippen LogP contribution is -2.57. The maximum atomic E-state index is 14.4. The van der Waals surface area contributed by atoms with E-state index in [1.165, 1.54) is 34.4 Å². The Morgan fingerprint density at radius 2 is 1.80 bits per heavy atom. The number of carbonyl (C=O) groups is 4. The predicted molar refractivity (Wildman–Crippen MR) is 182 cm³/mol. The number of fused-ring (bicyclic) bond motifs is 1. The van der Waals surface area contributed by atoms with Crippen molar-refractivity contribution in [1.29, 1.82) is 0 Å². The molecule has 2 unspecified atom stereocenters. The van der Waals surface area contributed by atoms with E-state index in [0.29, 0.717) is 21.8 Å². The molecule has 3 heterocycles. The van der Waals surface area contributed by atoms with Gasteiger partial charge in [0.05, 0.1) is 33.0 Å². The number of ether oxygens (including phenoxy) is 1. The zero-order valence-corrected chi connectivity index (χ0v) is 28.2. The number of thiophene rings is 1. The number of hydrogen-bond acceptors (Lipinski definition) is 9. The maximum absolute atomic E-state index is 14.4. The van der Waals surface area contributed by atoms with Crippen molar-refractivity contribution >= 4 is 57.7 Å². The van der Waals surface area contributed by atoms with Crippen molar-refractivity contribution in [3.05, 3.63) is 89.3 Å². The first-order valence-corrected chi connectivity index (χ1v) is 16.9. The van der Waals surface area contributed by atoms with Crippen molar-refractivity contribution in [2.75, 3.05) is 6.54 Å². The van der Waals surface area contributed by atoms with Gasteiger partial charge in [0, 0.05) is 12.3 Å². The SMILES string of the molecule is C=C[C@@H]1CC1(NC(=O)[C@@H]1C[C@@H](Oc2nc3ccccc3nc2-c2cccs2)CN1C(=O)C(C(C)C)N(O)C(=O)c1ccccc1Cl)C(=O)O. The summed E-state index contributed by atoms with van der Waals surface area (Å²) in [7, 11) is 0. The second-order valence-corrected chi connectivity index (χ2v) is 13.8. The highest BCUT2D eigenvalue weighted by atomic mass is 35.5. The minimum absolute atomic E-state index is 0.00868. The van der Waals surface area contributed by atoms with Crippen molar-refractivity contribution in [1.82, 2.24) is 25.2 Å². The summed E-state index contributed by atoms with van der Waals surface area (Å²) in [5, 5.41) is 26.2. The number of likely N-dealkylation sites (tertiary alicyclic amines) is 1. The van der Waals surface area contributed by atoms with Crippen molar-refractivity contribution < 1.29 is 34.2 Å². The second-order valence-electron chi connectivity index (χ2n) is 12.5. The number of halogens is 1. The number of benzene rings is 2. The fourth-order valence-electron chi connectivity index (χ4n) is 6.22. The van der Waals surface area contributed by atoms with Gasteiger partial charge in [-0.3, -0.25) is 19.6 Å². The number of hydrogen-bond donors (Lipinski definition) is 3. The molecule has 2 fully saturated rings. The standard InChI is InChI=1S/C35H34ClN5O7S/c1-4-20-17-35(20,34(45)46)39-30(42)26-16-21(48-31-28(27-14-9-15-49-27)37-24-12-7-8-13-25(24)38-31)18-40(26)33(44)29(19(2)3)41(47)32(43)22-10-5-6-11-23(22)36/h4-15,19-21,26,29,47H,1,16-18H2,2-3H3,(H,39,42)(H,45,46)/t20-,21-,26+,29?,35?/m1/s1. The van der Waals surface area contributed by atoms with Gasteiger partial charge in [0.25, 0.3) is 5.91 Å². The first-order chi connectivity index (χ1) is 23.4. The molecule has 254 valence electrons. The number of aliphatic carboxylic acids is 1. The molecule has 2 aromatic carbocycles. The first-order valence-electron chi connectivity index (χ1n) is 15.7. The van der Waals surface area contributed by atoms with Crippen molar-refractivity contribution in [3.8, 4) is 16.5 Å². The Labute approximate surface area is 290 Å². The summed E-state index contributed by atoms with van der Waals surface area (Å²) >= 11 is 7.68. The Hall–Kier alpha value is -4.85. The van der Waals surface area contributed by atoms with Gasteiger partial charge >= 0.3 is 5.97 Å². The number of nitrogens with zero attached hydrogens (tertiary/aromatic N) is 4. The number of nitrogens with one attached hydrogen (secondary N) is 1. The van der Waals surface area contributed by atoms with Crippen LogP contribution in [-0.2, 0) is 14.4 Å². The van der Waals surface area contributed by atoms with Gasteiger partial charge in [-0.1, -0.05) is 61.9 Å². The van der Waals surface area contributed by atoms with Gasteiger partial charge in [-0.05, 0) is 48.1 Å². The van der Waals surface area contributed by atoms with Crippen molar-refractivity contribution in [3.63, 3.8) is 0 Å². The Bertz CT molecular complexity index is 1940. The topological polar surface area (TPSA) is 162 Å². The number of para-hydroxylation sites is 2. The van der Waals surface area contributed by atoms with E-state index in [0.717, 1.165) is 4.88 Å². The van der Waals surface area contributed by atoms with Crippen LogP contribution in [0.25, 0.3) is 21.6 Å². The van der Waals surface area contributed by atoms with Crippen LogP contribution in [0.15, 0.2) is 78.7 Å². The third-order valence-electron chi connectivity index (χ3n) is 8.91. The van der Waals surface area contributed by atoms with E-state index in [2.05, 4.69) is 11.9 Å². The molecule has 4 aromatic rings. The van der Waals surface area contributed by atoms with Crippen LogP contribution in [0, 0.1) is 11.8 Å². The fraction of sp³-hybridized carbons (Fsp3) is 0.314. The van der Waals surface area contributed by atoms with E-state index in [4.69, 9.17) is 26.3 Å². The zero-order valence-electron chi connectivity index (χ0n) is 26.7. The van der Waals surface area contributed by atoms with E-state index in [1.54, 1.807) is 32.0 Å². The Kier molecular flexibility index (Phi) is 9.43. The summed E-state index contributed by atoms with van der Waals surface area (Å²) in [5.74, 6) is -4.44. The minimum atomic E-state index is -1.55. The lowest BCUT2D eigenvalue weighted by Gasteiger charge is -2.34. The highest BCUT2D eigenvalue weighted by Crippen LogP contribution is 2.45. The molecule has 6 rings (SSSR count). The molecule has 2 aromatic heterocycles. The van der Waals surface area contributed by atoms with Crippen LogP contribution in [0.4, 0.5) is 0 Å². The molecule has 12 nitrogen and oxygen atoms in total. The third-order valence-corrected chi connectivity index (χ3v) is 10.1. The number of carboxylic acid groups (broad SMARTS) is 1. The zero-order chi connectivity index (χ0) is 35.0. The highest BCUT2D eigenvalue weighted by molar-refractivity contribution is 7.13. The number of rotatable bonds is 11. The average Bonchev–Trinajstić information content (AvgIpc) is 3.37. The molecule has 49 heavy (non-hydrogen) atoms. The van der Waals surface area contributed by atoms with Gasteiger partial charge in [0.15, 0.2) is 0 Å². The lowest BCUT2D eigenvalue weighted by molar-refractivity contribution is -0.159. The smallest absolute Gasteiger partial charge is 0.330 e. The summed E-state index contributed by atoms with van der Waals surface area (Å²) in [5.41, 5.74) is 0.168. The molecule has 0 bridgehead atoms. The number of hydroxylamine groups is 2. The van der Waals surface area contributed by atoms with Gasteiger partial charge in [0.1, 0.15) is 29.4 Å². The molecule has 3 N–H and O–H groups in total. The molecule has 3 amide bonds. The molecule has 14 heteroatoms. The summed E-state index contributed by atoms with van der Waals surface area (Å²) < 4.78 is 6.43. The van der Waals surface area contributed by atoms with E-state index < -0.39 is 59.3 Å². The second kappa shape index (κ2) is 13.6. The van der Waals surface area contributed by atoms with Crippen molar-refractivity contribution in [2.24, 2.45) is 11.8 Å². The van der Waals surface area contributed by atoms with E-state index in [-0.39, 0.29) is 35.9 Å². The number of carboxylic acids is 1. The predicted octanol–water partition coefficient (Wildman–Crippen LogP) is 5.06. The normalized spacial score (nSPS) is 22.1. The summed E-state index contributed by atoms with van der Waals surface area (Å²) in [6, 6.07) is 14.6. The minimum Gasteiger partial charge on any atom is -0.479 e. The molecule has 2 aliphatic rings. The molecule has 1 aliphatic heterocycles. The largest absolute Gasteiger partial charge is 0.479 e. The number of carbonyl (C=O) groups excluding carboxylic acids is 3. The summed E-state index contributed by atoms with van der Waals surface area (Å²) in [6.07, 6.45) is 0.809. The quantitative estimate of drug-likeness (QED) is 0.110. The Morgan fingerprint density at radius 3 is 2.41 bits per heavy atom. The van der Waals surface area contributed by atoms with Gasteiger partial charge in [-0.25, -0.2) is 19.8 Å². The molecule has 1 saturated heterocycles. The number of amides is 3. The van der Waals surface area contributed by atoms with Crippen LogP contribution in [0.3, 0.4) is 0 Å². The number of aromatic nitrogens is 2. The molecule has 1 aliphatic carbocycles. The van der Waals surface area contributed by atoms with E-state index in [1.807, 2.05) is 35.7 Å². The van der Waals surface area contributed by atoms with Crippen LogP contribution < -0.4 is 10.1 Å². The molecular formula is C35H34ClN5O7S. The Balaban J connectivity index is 1.34. The molecule has 5 atom stereocenters. The maximum Gasteiger partial charge on any atom is 0.330 e. The third kappa shape index (κ3) is 6.48. The van der Waals surface area contributed by atoms with Gasteiger partial charge in [-0.2, -0.15) is 0 Å². The monoisotopic (exact) mass is 703 g/mol. The first kappa shape index (κ1) is 34.0. The average molecular weight is 704 g/mol. The van der Waals surface area contributed by atoms with Gasteiger partial charge in [0.2, 0.25) is 17.7 Å². The fourth-order valence-corrected chi connectivity index (χ4v) is 7.14. The van der Waals surface area contributed by atoms with Gasteiger partial charge in [-0.15, -0.1) is 17.9 Å². The highest BCUT2D eigenvalue weighted by Gasteiger charge is 2.61. The molecule has 0 radical (unpaired) electrons. The molecular weight excluding hydrogens is 670 g/mol. The van der Waals surface area contributed by atoms with Crippen molar-refractivity contribution in [2.45, 2.75) is 50.4 Å². The van der Waals surface area contributed by atoms with Crippen LogP contribution in [0.2, 0.25) is 5.02 Å².